The third kappa shape index (κ3) is 8.74. The molecule has 0 saturated carbocycles. The van der Waals surface area contributed by atoms with Gasteiger partial charge in [-0.25, -0.2) is 0 Å². The number of piperidine rings is 2. The van der Waals surface area contributed by atoms with Crippen molar-refractivity contribution in [3.63, 3.8) is 0 Å². The van der Waals surface area contributed by atoms with E-state index >= 15 is 0 Å². The molecule has 0 spiro atoms. The van der Waals surface area contributed by atoms with E-state index in [1.54, 1.807) is 12.1 Å². The quantitative estimate of drug-likeness (QED) is 0.176. The number of phenolic OH excluding ortho intramolecular Hbond substituents is 2. The highest BCUT2D eigenvalue weighted by atomic mass is 16.3. The normalized spacial score (nSPS) is 15.7. The average Bonchev–Trinajstić information content (AvgIpc) is 3.07. The summed E-state index contributed by atoms with van der Waals surface area (Å²) in [5, 5.41) is 29.5. The van der Waals surface area contributed by atoms with Crippen LogP contribution in [0.4, 0.5) is 0 Å². The fourth-order valence-corrected chi connectivity index (χ4v) is 6.37. The molecule has 8 heteroatoms. The third-order valence-corrected chi connectivity index (χ3v) is 8.82. The van der Waals surface area contributed by atoms with E-state index < -0.39 is 0 Å². The van der Waals surface area contributed by atoms with Gasteiger partial charge in [0.15, 0.2) is 0 Å². The molecule has 4 aromatic rings. The largest absolute Gasteiger partial charge is 0.507 e. The number of nitrogens with zero attached hydrogens (tertiary/aromatic N) is 2. The molecule has 4 N–H and O–H groups in total. The highest BCUT2D eigenvalue weighted by Gasteiger charge is 2.17. The van der Waals surface area contributed by atoms with Crippen molar-refractivity contribution in [2.45, 2.75) is 44.9 Å². The van der Waals surface area contributed by atoms with Gasteiger partial charge in [0, 0.05) is 19.6 Å². The maximum atomic E-state index is 12.4. The Hall–Kier alpha value is -4.14. The van der Waals surface area contributed by atoms with Gasteiger partial charge in [0.2, 0.25) is 0 Å². The number of benzene rings is 4. The molecular formula is C37H46N4O4. The molecule has 4 aromatic carbocycles. The number of carbonyl (C=O) groups excluding carboxylic acids is 2. The molecule has 2 aliphatic rings. The zero-order valence-electron chi connectivity index (χ0n) is 26.1. The Balaban J connectivity index is 0.000000178. The Morgan fingerprint density at radius 2 is 1.00 bits per heavy atom. The van der Waals surface area contributed by atoms with Crippen LogP contribution in [0, 0.1) is 0 Å². The predicted octanol–water partition coefficient (Wildman–Crippen LogP) is 5.91. The van der Waals surface area contributed by atoms with Crippen LogP contribution < -0.4 is 10.6 Å². The molecule has 2 heterocycles. The molecule has 2 amide bonds. The molecule has 8 nitrogen and oxygen atoms in total. The van der Waals surface area contributed by atoms with E-state index in [0.717, 1.165) is 54.1 Å². The summed E-state index contributed by atoms with van der Waals surface area (Å²) >= 11 is 0. The van der Waals surface area contributed by atoms with E-state index in [1.807, 2.05) is 60.7 Å². The number of aromatic hydroxyl groups is 2. The first kappa shape index (κ1) is 32.3. The van der Waals surface area contributed by atoms with Crippen molar-refractivity contribution >= 4 is 33.4 Å². The Morgan fingerprint density at radius 3 is 1.51 bits per heavy atom. The van der Waals surface area contributed by atoms with Gasteiger partial charge in [-0.15, -0.1) is 0 Å². The van der Waals surface area contributed by atoms with Crippen LogP contribution in [0.1, 0.15) is 65.7 Å². The summed E-state index contributed by atoms with van der Waals surface area (Å²) in [5.41, 5.74) is 0.748. The summed E-state index contributed by atoms with van der Waals surface area (Å²) < 4.78 is 0. The standard InChI is InChI=1S/C19H24N2O2.C18H22N2O2/c22-17-10-9-15-7-2-3-8-16(15)18(17)19(23)20-11-6-14-21-12-4-1-5-13-21;21-16-9-8-14-6-2-3-7-15(14)17(16)18(22)19-10-13-20-11-4-1-5-12-20/h2-3,7-10,22H,1,4-6,11-14H2,(H,20,23);2-3,6-9,21H,1,4-5,10-13H2,(H,19,22). The van der Waals surface area contributed by atoms with Crippen LogP contribution in [0.25, 0.3) is 21.5 Å². The summed E-state index contributed by atoms with van der Waals surface area (Å²) in [6.45, 7) is 7.75. The van der Waals surface area contributed by atoms with Crippen molar-refractivity contribution in [2.24, 2.45) is 0 Å². The number of phenols is 2. The molecular weight excluding hydrogens is 564 g/mol. The van der Waals surface area contributed by atoms with Gasteiger partial charge in [-0.3, -0.25) is 9.59 Å². The zero-order chi connectivity index (χ0) is 31.4. The van der Waals surface area contributed by atoms with Gasteiger partial charge >= 0.3 is 0 Å². The second kappa shape index (κ2) is 16.3. The minimum absolute atomic E-state index is 0.0363. The average molecular weight is 611 g/mol. The highest BCUT2D eigenvalue weighted by molar-refractivity contribution is 6.10. The highest BCUT2D eigenvalue weighted by Crippen LogP contribution is 2.28. The lowest BCUT2D eigenvalue weighted by atomic mass is 10.0. The number of likely N-dealkylation sites (tertiary alicyclic amines) is 2. The predicted molar refractivity (Wildman–Crippen MR) is 181 cm³/mol. The third-order valence-electron chi connectivity index (χ3n) is 8.82. The lowest BCUT2D eigenvalue weighted by molar-refractivity contribution is 0.0939. The molecule has 0 atom stereocenters. The van der Waals surface area contributed by atoms with E-state index in [9.17, 15) is 19.8 Å². The summed E-state index contributed by atoms with van der Waals surface area (Å²) in [5.74, 6) is -0.323. The molecule has 0 bridgehead atoms. The van der Waals surface area contributed by atoms with Gasteiger partial charge in [-0.1, -0.05) is 73.5 Å². The van der Waals surface area contributed by atoms with E-state index in [1.165, 1.54) is 51.6 Å². The molecule has 238 valence electrons. The van der Waals surface area contributed by atoms with Crippen molar-refractivity contribution in [3.05, 3.63) is 83.9 Å². The summed E-state index contributed by atoms with van der Waals surface area (Å²) in [6, 6.07) is 22.1. The SMILES string of the molecule is O=C(NCCCN1CCCCC1)c1c(O)ccc2ccccc12.O=C(NCCN1CCCCC1)c1c(O)ccc2ccccc12. The van der Waals surface area contributed by atoms with Crippen LogP contribution in [-0.4, -0.2) is 84.2 Å². The fourth-order valence-electron chi connectivity index (χ4n) is 6.37. The molecule has 45 heavy (non-hydrogen) atoms. The topological polar surface area (TPSA) is 105 Å². The number of rotatable bonds is 9. The van der Waals surface area contributed by atoms with Crippen LogP contribution in [0.3, 0.4) is 0 Å². The minimum atomic E-state index is -0.202. The maximum absolute atomic E-state index is 12.4. The Morgan fingerprint density at radius 1 is 0.556 bits per heavy atom. The van der Waals surface area contributed by atoms with Crippen molar-refractivity contribution in [3.8, 4) is 11.5 Å². The van der Waals surface area contributed by atoms with Crippen molar-refractivity contribution < 1.29 is 19.8 Å². The second-order valence-corrected chi connectivity index (χ2v) is 12.0. The Labute approximate surface area is 266 Å². The van der Waals surface area contributed by atoms with Crippen molar-refractivity contribution in [1.29, 1.82) is 0 Å². The molecule has 0 aromatic heterocycles. The van der Waals surface area contributed by atoms with E-state index in [2.05, 4.69) is 20.4 Å². The lowest BCUT2D eigenvalue weighted by Gasteiger charge is -2.26. The lowest BCUT2D eigenvalue weighted by Crippen LogP contribution is -2.37. The number of amides is 2. The monoisotopic (exact) mass is 610 g/mol. The molecule has 0 radical (unpaired) electrons. The summed E-state index contributed by atoms with van der Waals surface area (Å²) in [4.78, 5) is 29.7. The number of nitrogens with one attached hydrogen (secondary N) is 2. The fraction of sp³-hybridized carbons (Fsp3) is 0.405. The number of carbonyl (C=O) groups is 2. The van der Waals surface area contributed by atoms with Crippen LogP contribution >= 0.6 is 0 Å². The smallest absolute Gasteiger partial charge is 0.255 e. The van der Waals surface area contributed by atoms with Crippen LogP contribution in [0.2, 0.25) is 0 Å². The molecule has 6 rings (SSSR count). The van der Waals surface area contributed by atoms with Crippen molar-refractivity contribution in [2.75, 3.05) is 52.4 Å². The first-order chi connectivity index (χ1) is 22.0. The van der Waals surface area contributed by atoms with E-state index in [-0.39, 0.29) is 23.3 Å². The van der Waals surface area contributed by atoms with Crippen molar-refractivity contribution in [1.82, 2.24) is 20.4 Å². The first-order valence-electron chi connectivity index (χ1n) is 16.4. The van der Waals surface area contributed by atoms with Gasteiger partial charge in [-0.05, 0) is 98.5 Å². The van der Waals surface area contributed by atoms with Gasteiger partial charge in [0.25, 0.3) is 11.8 Å². The van der Waals surface area contributed by atoms with Gasteiger partial charge in [-0.2, -0.15) is 0 Å². The van der Waals surface area contributed by atoms with Crippen LogP contribution in [-0.2, 0) is 0 Å². The molecule has 2 aliphatic heterocycles. The number of hydrogen-bond donors (Lipinski definition) is 4. The zero-order valence-corrected chi connectivity index (χ0v) is 26.1. The van der Waals surface area contributed by atoms with E-state index in [0.29, 0.717) is 24.2 Å². The first-order valence-corrected chi connectivity index (χ1v) is 16.4. The summed E-state index contributed by atoms with van der Waals surface area (Å²) in [6.07, 6.45) is 8.67. The maximum Gasteiger partial charge on any atom is 0.255 e. The Kier molecular flexibility index (Phi) is 11.6. The van der Waals surface area contributed by atoms with Gasteiger partial charge in [0.1, 0.15) is 11.5 Å². The molecule has 2 saturated heterocycles. The van der Waals surface area contributed by atoms with Gasteiger partial charge < -0.3 is 30.6 Å². The summed E-state index contributed by atoms with van der Waals surface area (Å²) in [7, 11) is 0. The Bertz CT molecular complexity index is 1580. The number of fused-ring (bicyclic) bond motifs is 2. The van der Waals surface area contributed by atoms with Crippen LogP contribution in [0.5, 0.6) is 11.5 Å². The van der Waals surface area contributed by atoms with Crippen LogP contribution in [0.15, 0.2) is 72.8 Å². The second-order valence-electron chi connectivity index (χ2n) is 12.0. The molecule has 2 fully saturated rings. The molecule has 0 aliphatic carbocycles. The van der Waals surface area contributed by atoms with Gasteiger partial charge in [0.05, 0.1) is 11.1 Å². The molecule has 0 unspecified atom stereocenters. The minimum Gasteiger partial charge on any atom is -0.507 e. The van der Waals surface area contributed by atoms with E-state index in [4.69, 9.17) is 0 Å². The number of hydrogen-bond acceptors (Lipinski definition) is 6.